The van der Waals surface area contributed by atoms with E-state index in [0.29, 0.717) is 0 Å². The van der Waals surface area contributed by atoms with Crippen LogP contribution in [0.1, 0.15) is 31.7 Å². The van der Waals surface area contributed by atoms with E-state index in [0.717, 1.165) is 16.8 Å². The minimum Gasteiger partial charge on any atom is -0.369 e. The largest absolute Gasteiger partial charge is 0.369 e. The van der Waals surface area contributed by atoms with Crippen LogP contribution < -0.4 is 5.32 Å². The predicted molar refractivity (Wildman–Crippen MR) is 64.7 cm³/mol. The lowest BCUT2D eigenvalue weighted by Crippen LogP contribution is -2.03. The smallest absolute Gasteiger partial charge is 0.140 e. The highest BCUT2D eigenvalue weighted by atomic mass is 79.9. The van der Waals surface area contributed by atoms with Gasteiger partial charge >= 0.3 is 0 Å². The van der Waals surface area contributed by atoms with Crippen LogP contribution in [-0.4, -0.2) is 11.5 Å². The van der Waals surface area contributed by atoms with E-state index in [4.69, 9.17) is 0 Å². The van der Waals surface area contributed by atoms with E-state index in [2.05, 4.69) is 39.2 Å². The Bertz CT molecular complexity index is 287. The molecular formula is C11H17BrN2. The first kappa shape index (κ1) is 11.5. The average Bonchev–Trinajstić information content (AvgIpc) is 2.15. The molecule has 1 aromatic heterocycles. The van der Waals surface area contributed by atoms with Crippen LogP contribution in [0.25, 0.3) is 0 Å². The lowest BCUT2D eigenvalue weighted by molar-refractivity contribution is 0.742. The molecule has 3 heteroatoms. The fraction of sp³-hybridized carbons (Fsp3) is 0.545. The van der Waals surface area contributed by atoms with Crippen molar-refractivity contribution >= 4 is 21.7 Å². The molecule has 0 aliphatic carbocycles. The van der Waals surface area contributed by atoms with Crippen molar-refractivity contribution in [2.45, 2.75) is 33.1 Å². The zero-order valence-electron chi connectivity index (χ0n) is 8.81. The van der Waals surface area contributed by atoms with Crippen molar-refractivity contribution in [3.8, 4) is 0 Å². The minimum absolute atomic E-state index is 0.951. The summed E-state index contributed by atoms with van der Waals surface area (Å²) in [5, 5.41) is 3.32. The summed E-state index contributed by atoms with van der Waals surface area (Å²) in [7, 11) is 0. The summed E-state index contributed by atoms with van der Waals surface area (Å²) in [4.78, 5) is 4.32. The van der Waals surface area contributed by atoms with Crippen molar-refractivity contribution < 1.29 is 0 Å². The highest BCUT2D eigenvalue weighted by Crippen LogP contribution is 2.20. The van der Waals surface area contributed by atoms with Crippen molar-refractivity contribution in [3.63, 3.8) is 0 Å². The molecule has 0 bridgehead atoms. The first-order valence-electron chi connectivity index (χ1n) is 5.10. The summed E-state index contributed by atoms with van der Waals surface area (Å²) in [6.45, 7) is 5.25. The molecule has 0 aliphatic heterocycles. The van der Waals surface area contributed by atoms with E-state index in [1.807, 2.05) is 13.1 Å². The van der Waals surface area contributed by atoms with Gasteiger partial charge in [0.1, 0.15) is 5.82 Å². The highest BCUT2D eigenvalue weighted by Gasteiger charge is 1.99. The molecule has 0 aliphatic rings. The Morgan fingerprint density at radius 3 is 2.86 bits per heavy atom. The van der Waals surface area contributed by atoms with Crippen molar-refractivity contribution in [1.29, 1.82) is 0 Å². The van der Waals surface area contributed by atoms with E-state index in [-0.39, 0.29) is 0 Å². The minimum atomic E-state index is 0.951. The van der Waals surface area contributed by atoms with Gasteiger partial charge in [-0.3, -0.25) is 0 Å². The second kappa shape index (κ2) is 6.02. The Labute approximate surface area is 94.3 Å². The summed E-state index contributed by atoms with van der Waals surface area (Å²) < 4.78 is 1.05. The second-order valence-corrected chi connectivity index (χ2v) is 4.33. The summed E-state index contributed by atoms with van der Waals surface area (Å²) in [5.41, 5.74) is 1.18. The molecule has 0 unspecified atom stereocenters. The molecule has 1 N–H and O–H groups in total. The van der Waals surface area contributed by atoms with E-state index < -0.39 is 0 Å². The van der Waals surface area contributed by atoms with Crippen LogP contribution in [0.2, 0.25) is 0 Å². The summed E-state index contributed by atoms with van der Waals surface area (Å²) in [6, 6.07) is 2.08. The first-order valence-corrected chi connectivity index (χ1v) is 5.89. The molecule has 0 radical (unpaired) electrons. The quantitative estimate of drug-likeness (QED) is 0.812. The van der Waals surface area contributed by atoms with Crippen LogP contribution in [0, 0.1) is 6.92 Å². The molecule has 1 heterocycles. The summed E-state index contributed by atoms with van der Waals surface area (Å²) in [5.74, 6) is 0.951. The monoisotopic (exact) mass is 256 g/mol. The summed E-state index contributed by atoms with van der Waals surface area (Å²) in [6.07, 6.45) is 5.62. The topological polar surface area (TPSA) is 24.9 Å². The number of nitrogens with one attached hydrogen (secondary N) is 1. The molecular weight excluding hydrogens is 240 g/mol. The number of unbranched alkanes of at least 4 members (excludes halogenated alkanes) is 2. The molecule has 0 saturated heterocycles. The highest BCUT2D eigenvalue weighted by molar-refractivity contribution is 9.10. The van der Waals surface area contributed by atoms with Crippen LogP contribution in [0.4, 0.5) is 5.82 Å². The van der Waals surface area contributed by atoms with Crippen molar-refractivity contribution in [1.82, 2.24) is 4.98 Å². The van der Waals surface area contributed by atoms with E-state index >= 15 is 0 Å². The Balaban J connectivity index is 2.42. The number of halogens is 1. The van der Waals surface area contributed by atoms with E-state index in [1.54, 1.807) is 0 Å². The van der Waals surface area contributed by atoms with Crippen molar-refractivity contribution in [2.75, 3.05) is 11.9 Å². The predicted octanol–water partition coefficient (Wildman–Crippen LogP) is 3.75. The van der Waals surface area contributed by atoms with Gasteiger partial charge in [0.2, 0.25) is 0 Å². The van der Waals surface area contributed by atoms with Crippen molar-refractivity contribution in [2.24, 2.45) is 0 Å². The first-order chi connectivity index (χ1) is 6.74. The van der Waals surface area contributed by atoms with Crippen molar-refractivity contribution in [3.05, 3.63) is 22.3 Å². The van der Waals surface area contributed by atoms with Gasteiger partial charge in [-0.05, 0) is 40.9 Å². The molecule has 0 spiro atoms. The van der Waals surface area contributed by atoms with Gasteiger partial charge in [-0.2, -0.15) is 0 Å². The van der Waals surface area contributed by atoms with Crippen LogP contribution in [0.15, 0.2) is 16.7 Å². The number of nitrogens with zero attached hydrogens (tertiary/aromatic N) is 1. The van der Waals surface area contributed by atoms with Crippen LogP contribution in [0.5, 0.6) is 0 Å². The Kier molecular flexibility index (Phi) is 4.94. The van der Waals surface area contributed by atoms with Gasteiger partial charge in [-0.25, -0.2) is 4.98 Å². The lowest BCUT2D eigenvalue weighted by atomic mass is 10.2. The normalized spacial score (nSPS) is 10.2. The SMILES string of the molecule is CCCCCNc1ncc(C)cc1Br. The van der Waals surface area contributed by atoms with Gasteiger partial charge in [0.15, 0.2) is 0 Å². The van der Waals surface area contributed by atoms with Gasteiger partial charge in [0.25, 0.3) is 0 Å². The van der Waals surface area contributed by atoms with E-state index in [1.165, 1.54) is 24.8 Å². The number of aryl methyl sites for hydroxylation is 1. The number of hydrogen-bond acceptors (Lipinski definition) is 2. The standard InChI is InChI=1S/C11H17BrN2/c1-3-4-5-6-13-11-10(12)7-9(2)8-14-11/h7-8H,3-6H2,1-2H3,(H,13,14). The van der Waals surface area contributed by atoms with Crippen LogP contribution >= 0.6 is 15.9 Å². The molecule has 14 heavy (non-hydrogen) atoms. The van der Waals surface area contributed by atoms with Gasteiger partial charge in [0, 0.05) is 12.7 Å². The zero-order chi connectivity index (χ0) is 10.4. The summed E-state index contributed by atoms with van der Waals surface area (Å²) >= 11 is 3.49. The molecule has 1 aromatic rings. The molecule has 0 saturated carbocycles. The fourth-order valence-corrected chi connectivity index (χ4v) is 1.85. The molecule has 78 valence electrons. The molecule has 1 rings (SSSR count). The average molecular weight is 257 g/mol. The number of pyridine rings is 1. The molecule has 0 amide bonds. The molecule has 0 atom stereocenters. The zero-order valence-corrected chi connectivity index (χ0v) is 10.4. The fourth-order valence-electron chi connectivity index (χ4n) is 1.25. The van der Waals surface area contributed by atoms with Gasteiger partial charge < -0.3 is 5.32 Å². The lowest BCUT2D eigenvalue weighted by Gasteiger charge is -2.07. The second-order valence-electron chi connectivity index (χ2n) is 3.48. The Morgan fingerprint density at radius 1 is 1.43 bits per heavy atom. The van der Waals surface area contributed by atoms with Crippen LogP contribution in [0.3, 0.4) is 0 Å². The van der Waals surface area contributed by atoms with Gasteiger partial charge in [-0.1, -0.05) is 19.8 Å². The van der Waals surface area contributed by atoms with Crippen LogP contribution in [-0.2, 0) is 0 Å². The number of aromatic nitrogens is 1. The third-order valence-corrected chi connectivity index (χ3v) is 2.66. The molecule has 0 aromatic carbocycles. The van der Waals surface area contributed by atoms with Gasteiger partial charge in [-0.15, -0.1) is 0 Å². The third-order valence-electron chi connectivity index (χ3n) is 2.05. The maximum Gasteiger partial charge on any atom is 0.140 e. The Morgan fingerprint density at radius 2 is 2.21 bits per heavy atom. The van der Waals surface area contributed by atoms with E-state index in [9.17, 15) is 0 Å². The Hall–Kier alpha value is -0.570. The maximum absolute atomic E-state index is 4.32. The number of anilines is 1. The number of hydrogen-bond donors (Lipinski definition) is 1. The molecule has 2 nitrogen and oxygen atoms in total. The number of rotatable bonds is 5. The van der Waals surface area contributed by atoms with Gasteiger partial charge in [0.05, 0.1) is 4.47 Å². The maximum atomic E-state index is 4.32. The third kappa shape index (κ3) is 3.66. The molecule has 0 fully saturated rings.